The van der Waals surface area contributed by atoms with Gasteiger partial charge in [-0.25, -0.2) is 8.96 Å². The maximum absolute atomic E-state index is 12.9. The summed E-state index contributed by atoms with van der Waals surface area (Å²) in [6.45, 7) is 1.67. The van der Waals surface area contributed by atoms with Crippen molar-refractivity contribution in [1.82, 2.24) is 18.2 Å². The SMILES string of the molecule is Cc1cnc(-c2nc3cc(Cl)ccc3n2S(=O)(=O)N(C)C)c(C(=O)[O-])c1.[K+]. The number of hydrogen-bond donors (Lipinski definition) is 0. The quantitative estimate of drug-likeness (QED) is 0.445. The predicted octanol–water partition coefficient (Wildman–Crippen LogP) is -1.92. The fourth-order valence-corrected chi connectivity index (χ4v) is 3.72. The summed E-state index contributed by atoms with van der Waals surface area (Å²) in [5, 5.41) is 11.9. The summed E-state index contributed by atoms with van der Waals surface area (Å²) in [6, 6.07) is 5.88. The van der Waals surface area contributed by atoms with E-state index in [1.165, 1.54) is 44.6 Å². The van der Waals surface area contributed by atoms with Gasteiger partial charge in [0, 0.05) is 30.9 Å². The number of nitrogens with zero attached hydrogens (tertiary/aromatic N) is 4. The van der Waals surface area contributed by atoms with E-state index in [0.717, 1.165) is 8.28 Å². The monoisotopic (exact) mass is 432 g/mol. The van der Waals surface area contributed by atoms with Gasteiger partial charge >= 0.3 is 61.6 Å². The van der Waals surface area contributed by atoms with Gasteiger partial charge in [0.05, 0.1) is 17.0 Å². The van der Waals surface area contributed by atoms with Gasteiger partial charge in [0.2, 0.25) is 0 Å². The number of halogens is 1. The fraction of sp³-hybridized carbons (Fsp3) is 0.188. The third-order valence-electron chi connectivity index (χ3n) is 3.72. The van der Waals surface area contributed by atoms with Crippen LogP contribution in [0.2, 0.25) is 5.02 Å². The first kappa shape index (κ1) is 22.4. The molecule has 0 fully saturated rings. The standard InChI is InChI=1S/C16H15ClN4O4S.K/c1-9-6-11(16(22)23)14(18-8-9)15-19-12-7-10(17)4-5-13(12)21(15)26(24,25)20(2)3;/h4-8H,1-3H3,(H,22,23);/q;+1/p-1. The van der Waals surface area contributed by atoms with Crippen molar-refractivity contribution < 1.29 is 69.7 Å². The Kier molecular flexibility index (Phi) is 6.86. The molecular weight excluding hydrogens is 419 g/mol. The normalized spacial score (nSPS) is 11.6. The predicted molar refractivity (Wildman–Crippen MR) is 95.0 cm³/mol. The van der Waals surface area contributed by atoms with Crippen molar-refractivity contribution in [3.8, 4) is 11.5 Å². The molecular formula is C16H14ClKN4O4S. The first-order valence-corrected chi connectivity index (χ1v) is 9.20. The molecule has 0 unspecified atom stereocenters. The van der Waals surface area contributed by atoms with Crippen LogP contribution in [-0.4, -0.2) is 46.7 Å². The molecule has 136 valence electrons. The summed E-state index contributed by atoms with van der Waals surface area (Å²) in [5.74, 6) is -1.61. The molecule has 0 aliphatic heterocycles. The number of fused-ring (bicyclic) bond motifs is 1. The molecule has 27 heavy (non-hydrogen) atoms. The van der Waals surface area contributed by atoms with Crippen molar-refractivity contribution in [2.24, 2.45) is 0 Å². The van der Waals surface area contributed by atoms with Gasteiger partial charge in [-0.1, -0.05) is 11.6 Å². The Morgan fingerprint density at radius 2 is 1.93 bits per heavy atom. The molecule has 0 amide bonds. The second kappa shape index (κ2) is 8.25. The Labute approximate surface area is 203 Å². The van der Waals surface area contributed by atoms with Crippen LogP contribution in [0.3, 0.4) is 0 Å². The molecule has 0 bridgehead atoms. The summed E-state index contributed by atoms with van der Waals surface area (Å²) in [4.78, 5) is 19.9. The Bertz CT molecular complexity index is 1140. The van der Waals surface area contributed by atoms with Crippen LogP contribution in [0.25, 0.3) is 22.6 Å². The Hall–Kier alpha value is -0.854. The first-order chi connectivity index (χ1) is 12.1. The number of aromatic nitrogens is 3. The van der Waals surface area contributed by atoms with Crippen molar-refractivity contribution >= 4 is 38.8 Å². The number of rotatable bonds is 4. The number of pyridine rings is 1. The van der Waals surface area contributed by atoms with Gasteiger partial charge in [0.1, 0.15) is 5.69 Å². The Morgan fingerprint density at radius 1 is 1.26 bits per heavy atom. The topological polar surface area (TPSA) is 108 Å². The van der Waals surface area contributed by atoms with Crippen LogP contribution in [-0.2, 0) is 10.2 Å². The molecule has 2 heterocycles. The van der Waals surface area contributed by atoms with E-state index in [4.69, 9.17) is 11.6 Å². The van der Waals surface area contributed by atoms with E-state index in [-0.39, 0.29) is 74.0 Å². The second-order valence-corrected chi connectivity index (χ2v) is 8.25. The minimum Gasteiger partial charge on any atom is -0.545 e. The third-order valence-corrected chi connectivity index (χ3v) is 5.71. The van der Waals surface area contributed by atoms with Crippen LogP contribution in [0.5, 0.6) is 0 Å². The van der Waals surface area contributed by atoms with Crippen molar-refractivity contribution in [3.63, 3.8) is 0 Å². The number of benzene rings is 1. The van der Waals surface area contributed by atoms with Gasteiger partial charge in [-0.2, -0.15) is 12.7 Å². The van der Waals surface area contributed by atoms with Crippen molar-refractivity contribution in [1.29, 1.82) is 0 Å². The van der Waals surface area contributed by atoms with Crippen LogP contribution in [0.1, 0.15) is 15.9 Å². The van der Waals surface area contributed by atoms with Crippen molar-refractivity contribution in [2.45, 2.75) is 6.92 Å². The summed E-state index contributed by atoms with van der Waals surface area (Å²) >= 11 is 5.98. The number of carboxylic acid groups (broad SMARTS) is 1. The first-order valence-electron chi connectivity index (χ1n) is 7.42. The number of aryl methyl sites for hydroxylation is 1. The molecule has 0 saturated heterocycles. The number of carboxylic acids is 1. The molecule has 8 nitrogen and oxygen atoms in total. The number of carbonyl (C=O) groups excluding carboxylic acids is 1. The van der Waals surface area contributed by atoms with E-state index in [0.29, 0.717) is 16.1 Å². The van der Waals surface area contributed by atoms with Crippen molar-refractivity contribution in [2.75, 3.05) is 14.1 Å². The van der Waals surface area contributed by atoms with E-state index in [2.05, 4.69) is 9.97 Å². The molecule has 2 aromatic heterocycles. The van der Waals surface area contributed by atoms with Gasteiger partial charge in [-0.15, -0.1) is 0 Å². The second-order valence-electron chi connectivity index (χ2n) is 5.82. The molecule has 0 aliphatic carbocycles. The van der Waals surface area contributed by atoms with Crippen molar-refractivity contribution in [3.05, 3.63) is 46.6 Å². The van der Waals surface area contributed by atoms with Crippen LogP contribution < -0.4 is 56.5 Å². The van der Waals surface area contributed by atoms with Gasteiger partial charge in [-0.3, -0.25) is 4.98 Å². The van der Waals surface area contributed by atoms with Gasteiger partial charge < -0.3 is 9.90 Å². The third kappa shape index (κ3) is 4.13. The number of aromatic carboxylic acids is 1. The van der Waals surface area contributed by atoms with Crippen LogP contribution in [0.15, 0.2) is 30.5 Å². The maximum atomic E-state index is 12.9. The van der Waals surface area contributed by atoms with Crippen LogP contribution in [0, 0.1) is 6.92 Å². The van der Waals surface area contributed by atoms with Crippen LogP contribution in [0.4, 0.5) is 0 Å². The Morgan fingerprint density at radius 3 is 2.52 bits per heavy atom. The molecule has 0 aliphatic rings. The number of hydrogen-bond acceptors (Lipinski definition) is 6. The summed E-state index contributed by atoms with van der Waals surface area (Å²) in [7, 11) is -1.28. The largest absolute Gasteiger partial charge is 1.00 e. The zero-order valence-electron chi connectivity index (χ0n) is 15.1. The maximum Gasteiger partial charge on any atom is 1.00 e. The molecule has 0 N–H and O–H groups in total. The molecule has 11 heteroatoms. The molecule has 0 spiro atoms. The van der Waals surface area contributed by atoms with E-state index in [1.807, 2.05) is 0 Å². The zero-order valence-corrected chi connectivity index (χ0v) is 19.8. The summed E-state index contributed by atoms with van der Waals surface area (Å²) in [5.41, 5.74) is 0.790. The molecule has 3 rings (SSSR count). The van der Waals surface area contributed by atoms with Crippen LogP contribution >= 0.6 is 11.6 Å². The van der Waals surface area contributed by atoms with E-state index < -0.39 is 16.2 Å². The fourth-order valence-electron chi connectivity index (χ4n) is 2.48. The average Bonchev–Trinajstić information content (AvgIpc) is 2.93. The Balaban J connectivity index is 0.00000261. The molecule has 1 aromatic carbocycles. The average molecular weight is 433 g/mol. The molecule has 0 radical (unpaired) electrons. The van der Waals surface area contributed by atoms with E-state index >= 15 is 0 Å². The molecule has 3 aromatic rings. The van der Waals surface area contributed by atoms with Gasteiger partial charge in [0.25, 0.3) is 0 Å². The molecule has 0 atom stereocenters. The minimum atomic E-state index is -4.01. The molecule has 0 saturated carbocycles. The smallest absolute Gasteiger partial charge is 0.545 e. The van der Waals surface area contributed by atoms with Gasteiger partial charge in [-0.05, 0) is 36.8 Å². The van der Waals surface area contributed by atoms with E-state index in [9.17, 15) is 18.3 Å². The minimum absolute atomic E-state index is 0. The number of carbonyl (C=O) groups is 1. The number of imidazole rings is 1. The summed E-state index contributed by atoms with van der Waals surface area (Å²) < 4.78 is 27.7. The van der Waals surface area contributed by atoms with Gasteiger partial charge in [0.15, 0.2) is 5.82 Å². The zero-order chi connectivity index (χ0) is 19.2. The summed E-state index contributed by atoms with van der Waals surface area (Å²) in [6.07, 6.45) is 1.43. The van der Waals surface area contributed by atoms with E-state index in [1.54, 1.807) is 6.92 Å².